The molecule has 1 nitrogen and oxygen atoms in total. The van der Waals surface area contributed by atoms with Crippen LogP contribution in [0.25, 0.3) is 0 Å². The van der Waals surface area contributed by atoms with Crippen molar-refractivity contribution in [3.63, 3.8) is 0 Å². The molecule has 0 bridgehead atoms. The summed E-state index contributed by atoms with van der Waals surface area (Å²) in [4.78, 5) is 0. The molecule has 0 amide bonds. The Morgan fingerprint density at radius 1 is 1.31 bits per heavy atom. The second-order valence-electron chi connectivity index (χ2n) is 3.41. The van der Waals surface area contributed by atoms with Gasteiger partial charge in [0.1, 0.15) is 0 Å². The minimum absolute atomic E-state index is 0.350. The smallest absolute Gasteiger partial charge is 0.0825 e. The van der Waals surface area contributed by atoms with E-state index < -0.39 is 0 Å². The summed E-state index contributed by atoms with van der Waals surface area (Å²) in [7, 11) is 0. The van der Waals surface area contributed by atoms with Gasteiger partial charge in [-0.3, -0.25) is 0 Å². The highest BCUT2D eigenvalue weighted by atomic mass is 127. The van der Waals surface area contributed by atoms with Crippen LogP contribution in [0.15, 0.2) is 24.3 Å². The molecule has 0 N–H and O–H groups in total. The zero-order chi connectivity index (χ0) is 9.10. The van der Waals surface area contributed by atoms with Gasteiger partial charge in [-0.05, 0) is 59.5 Å². The third-order valence-electron chi connectivity index (χ3n) is 2.40. The summed E-state index contributed by atoms with van der Waals surface area (Å²) >= 11 is 2.35. The topological polar surface area (TPSA) is 9.23 Å². The summed E-state index contributed by atoms with van der Waals surface area (Å²) in [6, 6.07) is 8.61. The van der Waals surface area contributed by atoms with Crippen LogP contribution in [0.2, 0.25) is 0 Å². The van der Waals surface area contributed by atoms with Crippen molar-refractivity contribution in [1.82, 2.24) is 0 Å². The Balaban J connectivity index is 2.14. The maximum atomic E-state index is 5.72. The van der Waals surface area contributed by atoms with Gasteiger partial charge >= 0.3 is 0 Å². The summed E-state index contributed by atoms with van der Waals surface area (Å²) in [5.41, 5.74) is 1.34. The van der Waals surface area contributed by atoms with Crippen molar-refractivity contribution < 1.29 is 4.74 Å². The molecule has 0 saturated carbocycles. The Labute approximate surface area is 92.6 Å². The third kappa shape index (κ3) is 2.44. The molecule has 2 heteroatoms. The first-order chi connectivity index (χ1) is 6.36. The highest BCUT2D eigenvalue weighted by Crippen LogP contribution is 2.28. The summed E-state index contributed by atoms with van der Waals surface area (Å²) in [6.07, 6.45) is 4.06. The second kappa shape index (κ2) is 4.42. The molecule has 13 heavy (non-hydrogen) atoms. The molecule has 1 fully saturated rings. The third-order valence-corrected chi connectivity index (χ3v) is 3.07. The summed E-state index contributed by atoms with van der Waals surface area (Å²) in [5, 5.41) is 0. The van der Waals surface area contributed by atoms with Crippen molar-refractivity contribution >= 4 is 22.6 Å². The van der Waals surface area contributed by atoms with E-state index in [4.69, 9.17) is 4.74 Å². The number of halogens is 1. The first kappa shape index (κ1) is 9.46. The number of benzene rings is 1. The van der Waals surface area contributed by atoms with Gasteiger partial charge in [-0.1, -0.05) is 12.1 Å². The number of hydrogen-bond acceptors (Lipinski definition) is 1. The van der Waals surface area contributed by atoms with Gasteiger partial charge in [0.25, 0.3) is 0 Å². The predicted molar refractivity (Wildman–Crippen MR) is 61.7 cm³/mol. The summed E-state index contributed by atoms with van der Waals surface area (Å²) in [5.74, 6) is 0. The number of ether oxygens (including phenoxy) is 1. The maximum Gasteiger partial charge on any atom is 0.0825 e. The van der Waals surface area contributed by atoms with E-state index in [0.29, 0.717) is 6.10 Å². The molecule has 1 atom stereocenters. The Morgan fingerprint density at radius 2 is 2.23 bits per heavy atom. The lowest BCUT2D eigenvalue weighted by atomic mass is 10.0. The molecule has 0 spiro atoms. The van der Waals surface area contributed by atoms with E-state index in [-0.39, 0.29) is 0 Å². The van der Waals surface area contributed by atoms with Gasteiger partial charge in [0.2, 0.25) is 0 Å². The fourth-order valence-electron chi connectivity index (χ4n) is 1.71. The number of hydrogen-bond donors (Lipinski definition) is 0. The molecular formula is C11H13IO. The quantitative estimate of drug-likeness (QED) is 0.718. The lowest BCUT2D eigenvalue weighted by Crippen LogP contribution is -2.11. The Morgan fingerprint density at radius 3 is 2.92 bits per heavy atom. The van der Waals surface area contributed by atoms with Crippen molar-refractivity contribution in [3.8, 4) is 0 Å². The fraction of sp³-hybridized carbons (Fsp3) is 0.455. The van der Waals surface area contributed by atoms with E-state index in [1.807, 2.05) is 0 Å². The molecular weight excluding hydrogens is 275 g/mol. The monoisotopic (exact) mass is 288 g/mol. The van der Waals surface area contributed by atoms with Crippen molar-refractivity contribution in [2.75, 3.05) is 6.61 Å². The first-order valence-electron chi connectivity index (χ1n) is 4.73. The van der Waals surface area contributed by atoms with Crippen LogP contribution in [-0.4, -0.2) is 6.61 Å². The van der Waals surface area contributed by atoms with Crippen molar-refractivity contribution in [2.24, 2.45) is 0 Å². The van der Waals surface area contributed by atoms with Crippen LogP contribution in [0, 0.1) is 3.57 Å². The molecule has 1 aromatic carbocycles. The van der Waals surface area contributed by atoms with Crippen LogP contribution < -0.4 is 0 Å². The van der Waals surface area contributed by atoms with Crippen molar-refractivity contribution in [2.45, 2.75) is 25.4 Å². The van der Waals surface area contributed by atoms with Crippen molar-refractivity contribution in [3.05, 3.63) is 33.4 Å². The standard InChI is InChI=1S/C11H13IO/c12-10-5-3-4-9(8-10)11-6-1-2-7-13-11/h3-5,8,11H,1-2,6-7H2. The molecule has 1 unspecified atom stereocenters. The van der Waals surface area contributed by atoms with E-state index in [9.17, 15) is 0 Å². The molecule has 1 aromatic rings. The minimum atomic E-state index is 0.350. The molecule has 70 valence electrons. The molecule has 0 aromatic heterocycles. The molecule has 1 saturated heterocycles. The molecule has 0 radical (unpaired) electrons. The SMILES string of the molecule is Ic1cccc(C2CCCCO2)c1. The predicted octanol–water partition coefficient (Wildman–Crippen LogP) is 3.53. The van der Waals surface area contributed by atoms with Gasteiger partial charge in [-0.25, -0.2) is 0 Å². The van der Waals surface area contributed by atoms with Crippen LogP contribution in [0.5, 0.6) is 0 Å². The van der Waals surface area contributed by atoms with Crippen LogP contribution in [0.1, 0.15) is 30.9 Å². The Bertz CT molecular complexity index is 279. The average Bonchev–Trinajstić information content (AvgIpc) is 2.19. The lowest BCUT2D eigenvalue weighted by molar-refractivity contribution is 0.0149. The van der Waals surface area contributed by atoms with E-state index >= 15 is 0 Å². The van der Waals surface area contributed by atoms with Gasteiger partial charge < -0.3 is 4.74 Å². The number of rotatable bonds is 1. The normalized spacial score (nSPS) is 23.0. The van der Waals surface area contributed by atoms with Gasteiger partial charge in [-0.2, -0.15) is 0 Å². The fourth-order valence-corrected chi connectivity index (χ4v) is 2.28. The summed E-state index contributed by atoms with van der Waals surface area (Å²) < 4.78 is 7.01. The Kier molecular flexibility index (Phi) is 3.22. The van der Waals surface area contributed by atoms with Crippen LogP contribution >= 0.6 is 22.6 Å². The lowest BCUT2D eigenvalue weighted by Gasteiger charge is -2.22. The van der Waals surface area contributed by atoms with Crippen LogP contribution in [0.3, 0.4) is 0 Å². The summed E-state index contributed by atoms with van der Waals surface area (Å²) in [6.45, 7) is 0.927. The first-order valence-corrected chi connectivity index (χ1v) is 5.81. The van der Waals surface area contributed by atoms with Crippen molar-refractivity contribution in [1.29, 1.82) is 0 Å². The zero-order valence-electron chi connectivity index (χ0n) is 7.50. The van der Waals surface area contributed by atoms with Gasteiger partial charge in [-0.15, -0.1) is 0 Å². The maximum absolute atomic E-state index is 5.72. The largest absolute Gasteiger partial charge is 0.374 e. The molecule has 2 rings (SSSR count). The van der Waals surface area contributed by atoms with Gasteiger partial charge in [0, 0.05) is 10.2 Å². The highest BCUT2D eigenvalue weighted by Gasteiger charge is 2.15. The average molecular weight is 288 g/mol. The van der Waals surface area contributed by atoms with E-state index in [1.54, 1.807) is 0 Å². The highest BCUT2D eigenvalue weighted by molar-refractivity contribution is 14.1. The van der Waals surface area contributed by atoms with Crippen LogP contribution in [0.4, 0.5) is 0 Å². The van der Waals surface area contributed by atoms with E-state index in [1.165, 1.54) is 28.4 Å². The van der Waals surface area contributed by atoms with E-state index in [0.717, 1.165) is 6.61 Å². The zero-order valence-corrected chi connectivity index (χ0v) is 9.66. The Hall–Kier alpha value is -0.0900. The molecule has 1 aliphatic rings. The minimum Gasteiger partial charge on any atom is -0.374 e. The van der Waals surface area contributed by atoms with Crippen LogP contribution in [-0.2, 0) is 4.74 Å². The van der Waals surface area contributed by atoms with Gasteiger partial charge in [0.05, 0.1) is 6.10 Å². The molecule has 1 heterocycles. The molecule has 0 aliphatic carbocycles. The van der Waals surface area contributed by atoms with E-state index in [2.05, 4.69) is 46.9 Å². The van der Waals surface area contributed by atoms with Gasteiger partial charge in [0.15, 0.2) is 0 Å². The second-order valence-corrected chi connectivity index (χ2v) is 4.66. The molecule has 1 aliphatic heterocycles.